The van der Waals surface area contributed by atoms with E-state index < -0.39 is 11.7 Å². The second-order valence-electron chi connectivity index (χ2n) is 3.58. The highest BCUT2D eigenvalue weighted by atomic mass is 19.4. The summed E-state index contributed by atoms with van der Waals surface area (Å²) in [5.41, 5.74) is -0.693. The molecule has 1 heterocycles. The molecule has 0 fully saturated rings. The normalized spacial score (nSPS) is 11.4. The molecule has 0 bridgehead atoms. The number of nitrogens with zero attached hydrogens (tertiary/aromatic N) is 1. The Kier molecular flexibility index (Phi) is 4.60. The first-order chi connectivity index (χ1) is 7.97. The van der Waals surface area contributed by atoms with Crippen LogP contribution in [0.1, 0.15) is 25.8 Å². The third kappa shape index (κ3) is 4.13. The molecule has 0 aliphatic heterocycles. The predicted octanol–water partition coefficient (Wildman–Crippen LogP) is 3.35. The van der Waals surface area contributed by atoms with Crippen LogP contribution in [0.3, 0.4) is 0 Å². The van der Waals surface area contributed by atoms with Crippen LogP contribution in [0.25, 0.3) is 0 Å². The van der Waals surface area contributed by atoms with Gasteiger partial charge in [-0.25, -0.2) is 4.98 Å². The van der Waals surface area contributed by atoms with Gasteiger partial charge in [-0.15, -0.1) is 0 Å². The SMILES string of the molecule is CCCNc1cc(C(F)(F)F)cc(NCC)n1. The molecule has 6 heteroatoms. The van der Waals surface area contributed by atoms with E-state index in [9.17, 15) is 13.2 Å². The Bertz CT molecular complexity index is 363. The third-order valence-corrected chi connectivity index (χ3v) is 2.07. The molecule has 2 N–H and O–H groups in total. The summed E-state index contributed by atoms with van der Waals surface area (Å²) in [7, 11) is 0. The van der Waals surface area contributed by atoms with Crippen LogP contribution in [0.15, 0.2) is 12.1 Å². The van der Waals surface area contributed by atoms with Crippen LogP contribution in [-0.4, -0.2) is 18.1 Å². The molecule has 0 amide bonds. The van der Waals surface area contributed by atoms with Crippen molar-refractivity contribution in [3.05, 3.63) is 17.7 Å². The highest BCUT2D eigenvalue weighted by molar-refractivity contribution is 5.49. The molecule has 1 rings (SSSR count). The predicted molar refractivity (Wildman–Crippen MR) is 62.2 cm³/mol. The molecular formula is C11H16F3N3. The topological polar surface area (TPSA) is 37.0 Å². The van der Waals surface area contributed by atoms with Gasteiger partial charge < -0.3 is 10.6 Å². The first-order valence-corrected chi connectivity index (χ1v) is 5.54. The first-order valence-electron chi connectivity index (χ1n) is 5.54. The molecule has 17 heavy (non-hydrogen) atoms. The zero-order valence-corrected chi connectivity index (χ0v) is 9.86. The van der Waals surface area contributed by atoms with Gasteiger partial charge in [0.15, 0.2) is 0 Å². The van der Waals surface area contributed by atoms with E-state index in [1.54, 1.807) is 6.92 Å². The summed E-state index contributed by atoms with van der Waals surface area (Å²) in [6.45, 7) is 4.87. The number of anilines is 2. The molecule has 0 aliphatic carbocycles. The Labute approximate surface area is 98.4 Å². The van der Waals surface area contributed by atoms with E-state index >= 15 is 0 Å². The number of nitrogens with one attached hydrogen (secondary N) is 2. The highest BCUT2D eigenvalue weighted by Crippen LogP contribution is 2.31. The number of aromatic nitrogens is 1. The fraction of sp³-hybridized carbons (Fsp3) is 0.545. The van der Waals surface area contributed by atoms with Gasteiger partial charge >= 0.3 is 6.18 Å². The van der Waals surface area contributed by atoms with Crippen molar-refractivity contribution in [3.8, 4) is 0 Å². The quantitative estimate of drug-likeness (QED) is 0.837. The average Bonchev–Trinajstić information content (AvgIpc) is 2.25. The number of hydrogen-bond donors (Lipinski definition) is 2. The van der Waals surface area contributed by atoms with Crippen molar-refractivity contribution in [3.63, 3.8) is 0 Å². The fourth-order valence-corrected chi connectivity index (χ4v) is 1.31. The Morgan fingerprint density at radius 1 is 1.12 bits per heavy atom. The van der Waals surface area contributed by atoms with Crippen molar-refractivity contribution >= 4 is 11.6 Å². The van der Waals surface area contributed by atoms with Gasteiger partial charge in [-0.3, -0.25) is 0 Å². The largest absolute Gasteiger partial charge is 0.416 e. The third-order valence-electron chi connectivity index (χ3n) is 2.07. The molecule has 1 aromatic heterocycles. The van der Waals surface area contributed by atoms with Gasteiger partial charge in [0.25, 0.3) is 0 Å². The van der Waals surface area contributed by atoms with E-state index in [2.05, 4.69) is 15.6 Å². The van der Waals surface area contributed by atoms with Gasteiger partial charge in [0.05, 0.1) is 5.56 Å². The van der Waals surface area contributed by atoms with Gasteiger partial charge in [0.1, 0.15) is 11.6 Å². The summed E-state index contributed by atoms with van der Waals surface area (Å²) in [5, 5.41) is 5.64. The molecule has 0 radical (unpaired) electrons. The molecule has 1 aromatic rings. The van der Waals surface area contributed by atoms with Crippen molar-refractivity contribution < 1.29 is 13.2 Å². The fourth-order valence-electron chi connectivity index (χ4n) is 1.31. The average molecular weight is 247 g/mol. The number of pyridine rings is 1. The lowest BCUT2D eigenvalue weighted by atomic mass is 10.2. The summed E-state index contributed by atoms with van der Waals surface area (Å²) >= 11 is 0. The van der Waals surface area contributed by atoms with Crippen LogP contribution in [0, 0.1) is 0 Å². The van der Waals surface area contributed by atoms with Crippen LogP contribution in [0.5, 0.6) is 0 Å². The van der Waals surface area contributed by atoms with Crippen LogP contribution in [-0.2, 0) is 6.18 Å². The Morgan fingerprint density at radius 2 is 1.71 bits per heavy atom. The van der Waals surface area contributed by atoms with Gasteiger partial charge in [0.2, 0.25) is 0 Å². The monoisotopic (exact) mass is 247 g/mol. The molecule has 0 spiro atoms. The summed E-state index contributed by atoms with van der Waals surface area (Å²) in [5.74, 6) is 0.485. The Morgan fingerprint density at radius 3 is 2.18 bits per heavy atom. The van der Waals surface area contributed by atoms with E-state index in [-0.39, 0.29) is 11.6 Å². The lowest BCUT2D eigenvalue weighted by Gasteiger charge is -2.12. The number of rotatable bonds is 5. The highest BCUT2D eigenvalue weighted by Gasteiger charge is 2.31. The van der Waals surface area contributed by atoms with Crippen molar-refractivity contribution in [2.45, 2.75) is 26.4 Å². The van der Waals surface area contributed by atoms with Crippen LogP contribution >= 0.6 is 0 Å². The minimum absolute atomic E-state index is 0.237. The lowest BCUT2D eigenvalue weighted by Crippen LogP contribution is -2.11. The molecule has 0 unspecified atom stereocenters. The maximum absolute atomic E-state index is 12.6. The minimum Gasteiger partial charge on any atom is -0.370 e. The molecule has 0 atom stereocenters. The molecule has 0 aromatic carbocycles. The van der Waals surface area contributed by atoms with E-state index in [1.165, 1.54) is 0 Å². The van der Waals surface area contributed by atoms with Gasteiger partial charge in [-0.2, -0.15) is 13.2 Å². The summed E-state index contributed by atoms with van der Waals surface area (Å²) in [6.07, 6.45) is -3.52. The maximum atomic E-state index is 12.6. The van der Waals surface area contributed by atoms with Crippen molar-refractivity contribution in [1.82, 2.24) is 4.98 Å². The smallest absolute Gasteiger partial charge is 0.370 e. The molecule has 0 saturated heterocycles. The second-order valence-corrected chi connectivity index (χ2v) is 3.58. The van der Waals surface area contributed by atoms with Crippen molar-refractivity contribution in [2.24, 2.45) is 0 Å². The van der Waals surface area contributed by atoms with Crippen molar-refractivity contribution in [2.75, 3.05) is 23.7 Å². The lowest BCUT2D eigenvalue weighted by molar-refractivity contribution is -0.137. The Balaban J connectivity index is 3.01. The van der Waals surface area contributed by atoms with E-state index in [4.69, 9.17) is 0 Å². The van der Waals surface area contributed by atoms with Gasteiger partial charge in [-0.05, 0) is 25.5 Å². The zero-order chi connectivity index (χ0) is 12.9. The first kappa shape index (κ1) is 13.6. The molecule has 96 valence electrons. The standard InChI is InChI=1S/C11H16F3N3/c1-3-5-16-10-7-8(11(12,13)14)6-9(17-10)15-4-2/h6-7H,3-5H2,1-2H3,(H2,15,16,17). The number of halogens is 3. The van der Waals surface area contributed by atoms with E-state index in [0.29, 0.717) is 13.1 Å². The zero-order valence-electron chi connectivity index (χ0n) is 9.86. The molecule has 0 saturated carbocycles. The molecule has 0 aliphatic rings. The van der Waals surface area contributed by atoms with Gasteiger partial charge in [-0.1, -0.05) is 6.92 Å². The van der Waals surface area contributed by atoms with Crippen LogP contribution in [0.4, 0.5) is 24.8 Å². The number of alkyl halides is 3. The van der Waals surface area contributed by atoms with Crippen LogP contribution < -0.4 is 10.6 Å². The van der Waals surface area contributed by atoms with Crippen molar-refractivity contribution in [1.29, 1.82) is 0 Å². The molecular weight excluding hydrogens is 231 g/mol. The van der Waals surface area contributed by atoms with Gasteiger partial charge in [0, 0.05) is 13.1 Å². The van der Waals surface area contributed by atoms with E-state index in [1.807, 2.05) is 6.92 Å². The second kappa shape index (κ2) is 5.75. The minimum atomic E-state index is -4.35. The Hall–Kier alpha value is -1.46. The maximum Gasteiger partial charge on any atom is 0.416 e. The van der Waals surface area contributed by atoms with E-state index in [0.717, 1.165) is 18.6 Å². The van der Waals surface area contributed by atoms with Crippen LogP contribution in [0.2, 0.25) is 0 Å². The number of hydrogen-bond acceptors (Lipinski definition) is 3. The summed E-state index contributed by atoms with van der Waals surface area (Å²) in [6, 6.07) is 2.04. The summed E-state index contributed by atoms with van der Waals surface area (Å²) < 4.78 is 37.9. The summed E-state index contributed by atoms with van der Waals surface area (Å²) in [4.78, 5) is 4.05. The molecule has 3 nitrogen and oxygen atoms in total.